The van der Waals surface area contributed by atoms with Crippen LogP contribution in [-0.2, 0) is 0 Å². The zero-order valence-corrected chi connectivity index (χ0v) is 23.3. The van der Waals surface area contributed by atoms with E-state index in [1.165, 1.54) is 147 Å². The van der Waals surface area contributed by atoms with E-state index in [9.17, 15) is 0 Å². The molecule has 0 saturated carbocycles. The van der Waals surface area contributed by atoms with Gasteiger partial charge in [0.2, 0.25) is 0 Å². The number of rotatable bonds is 24. The van der Waals surface area contributed by atoms with Gasteiger partial charge in [-0.2, -0.15) is 0 Å². The van der Waals surface area contributed by atoms with Crippen molar-refractivity contribution in [2.75, 3.05) is 0 Å². The molecule has 2 atom stereocenters. The van der Waals surface area contributed by atoms with Gasteiger partial charge in [-0.1, -0.05) is 136 Å². The predicted octanol–water partition coefficient (Wildman–Crippen LogP) is 10.6. The van der Waals surface area contributed by atoms with Crippen molar-refractivity contribution >= 4 is 0 Å². The Balaban J connectivity index is 2.38. The second-order valence-electron chi connectivity index (χ2n) is 10.8. The summed E-state index contributed by atoms with van der Waals surface area (Å²) in [6, 6.07) is 0.624. The second-order valence-corrected chi connectivity index (χ2v) is 10.8. The van der Waals surface area contributed by atoms with E-state index in [1.54, 1.807) is 0 Å². The number of nitrogens with zero attached hydrogens (tertiary/aromatic N) is 1. The van der Waals surface area contributed by atoms with E-state index < -0.39 is 0 Å². The van der Waals surface area contributed by atoms with E-state index in [4.69, 9.17) is 0 Å². The fourth-order valence-electron chi connectivity index (χ4n) is 5.37. The fourth-order valence-corrected chi connectivity index (χ4v) is 5.37. The summed E-state index contributed by atoms with van der Waals surface area (Å²) in [7, 11) is 0. The number of aromatic nitrogens is 2. The maximum atomic E-state index is 3.68. The minimum atomic E-state index is 0.624. The maximum Gasteiger partial charge on any atom is 0.257 e. The molecular weight excluding hydrogens is 400 g/mol. The summed E-state index contributed by atoms with van der Waals surface area (Å²) in [5.41, 5.74) is 0. The van der Waals surface area contributed by atoms with E-state index in [0.717, 1.165) is 0 Å². The highest BCUT2D eigenvalue weighted by Gasteiger charge is 2.25. The molecule has 0 bridgehead atoms. The van der Waals surface area contributed by atoms with Crippen LogP contribution in [0.4, 0.5) is 0 Å². The highest BCUT2D eigenvalue weighted by molar-refractivity contribution is 4.90. The molecule has 0 fully saturated rings. The molecule has 2 heteroatoms. The van der Waals surface area contributed by atoms with Crippen molar-refractivity contribution in [3.63, 3.8) is 0 Å². The number of hydrogen-bond donors (Lipinski definition) is 1. The monoisotopic (exact) mass is 461 g/mol. The lowest BCUT2D eigenvalue weighted by molar-refractivity contribution is -0.727. The van der Waals surface area contributed by atoms with E-state index in [-0.39, 0.29) is 0 Å². The van der Waals surface area contributed by atoms with Gasteiger partial charge in [0.1, 0.15) is 12.4 Å². The zero-order chi connectivity index (χ0) is 24.0. The van der Waals surface area contributed by atoms with Crippen molar-refractivity contribution in [1.82, 2.24) is 4.98 Å². The average Bonchev–Trinajstić information content (AvgIpc) is 3.31. The van der Waals surface area contributed by atoms with Gasteiger partial charge in [0.05, 0.1) is 12.0 Å². The summed E-state index contributed by atoms with van der Waals surface area (Å²) in [5, 5.41) is 0. The Morgan fingerprint density at radius 1 is 0.576 bits per heavy atom. The molecule has 2 nitrogen and oxygen atoms in total. The van der Waals surface area contributed by atoms with Gasteiger partial charge in [-0.3, -0.25) is 0 Å². The first-order valence-corrected chi connectivity index (χ1v) is 15.3. The molecule has 0 aliphatic heterocycles. The minimum absolute atomic E-state index is 0.624. The van der Waals surface area contributed by atoms with Crippen LogP contribution in [0.15, 0.2) is 12.4 Å². The van der Waals surface area contributed by atoms with Gasteiger partial charge < -0.3 is 0 Å². The molecule has 1 heterocycles. The first-order chi connectivity index (χ1) is 16.2. The molecule has 0 amide bonds. The number of aromatic amines is 1. The van der Waals surface area contributed by atoms with E-state index in [1.807, 2.05) is 0 Å². The lowest BCUT2D eigenvalue weighted by atomic mass is 9.93. The molecule has 1 rings (SSSR count). The van der Waals surface area contributed by atoms with Crippen molar-refractivity contribution in [3.8, 4) is 0 Å². The van der Waals surface area contributed by atoms with Gasteiger partial charge in [0.15, 0.2) is 0 Å². The molecule has 1 aromatic heterocycles. The molecule has 1 aromatic rings. The van der Waals surface area contributed by atoms with E-state index in [0.29, 0.717) is 12.0 Å². The van der Waals surface area contributed by atoms with Gasteiger partial charge in [-0.05, 0) is 32.6 Å². The van der Waals surface area contributed by atoms with Crippen LogP contribution in [0.25, 0.3) is 0 Å². The summed E-state index contributed by atoms with van der Waals surface area (Å²) in [4.78, 5) is 3.68. The Morgan fingerprint density at radius 2 is 0.970 bits per heavy atom. The van der Waals surface area contributed by atoms with Crippen LogP contribution >= 0.6 is 0 Å². The molecule has 0 spiro atoms. The van der Waals surface area contributed by atoms with Gasteiger partial charge >= 0.3 is 0 Å². The van der Waals surface area contributed by atoms with Crippen LogP contribution in [0.2, 0.25) is 0 Å². The molecule has 33 heavy (non-hydrogen) atoms. The quantitative estimate of drug-likeness (QED) is 0.117. The molecule has 1 N–H and O–H groups in total. The second kappa shape index (κ2) is 21.7. The Hall–Kier alpha value is -0.790. The van der Waals surface area contributed by atoms with Crippen molar-refractivity contribution in [2.45, 2.75) is 181 Å². The molecule has 0 saturated heterocycles. The number of H-pyrrole nitrogens is 1. The summed E-state index contributed by atoms with van der Waals surface area (Å²) in [6.07, 6.45) is 35.3. The summed E-state index contributed by atoms with van der Waals surface area (Å²) >= 11 is 0. The molecule has 194 valence electrons. The van der Waals surface area contributed by atoms with Crippen molar-refractivity contribution in [2.24, 2.45) is 0 Å². The largest absolute Gasteiger partial charge is 0.257 e. The number of imidazole rings is 1. The Kier molecular flexibility index (Phi) is 19.9. The van der Waals surface area contributed by atoms with E-state index in [2.05, 4.69) is 49.6 Å². The molecule has 0 radical (unpaired) electrons. The summed E-state index contributed by atoms with van der Waals surface area (Å²) in [6.45, 7) is 9.38. The number of hydrogen-bond acceptors (Lipinski definition) is 0. The Morgan fingerprint density at radius 3 is 1.48 bits per heavy atom. The van der Waals surface area contributed by atoms with Gasteiger partial charge in [0.25, 0.3) is 5.82 Å². The van der Waals surface area contributed by atoms with Crippen molar-refractivity contribution < 1.29 is 4.57 Å². The highest BCUT2D eigenvalue weighted by Crippen LogP contribution is 2.27. The Labute approximate surface area is 208 Å². The highest BCUT2D eigenvalue weighted by atomic mass is 15.1. The van der Waals surface area contributed by atoms with Crippen molar-refractivity contribution in [3.05, 3.63) is 18.2 Å². The van der Waals surface area contributed by atoms with Crippen LogP contribution in [0.1, 0.15) is 187 Å². The predicted molar refractivity (Wildman–Crippen MR) is 147 cm³/mol. The van der Waals surface area contributed by atoms with Crippen LogP contribution in [0, 0.1) is 0 Å². The topological polar surface area (TPSA) is 19.7 Å². The van der Waals surface area contributed by atoms with Crippen LogP contribution in [-0.4, -0.2) is 4.98 Å². The first kappa shape index (κ1) is 30.2. The first-order valence-electron chi connectivity index (χ1n) is 15.3. The zero-order valence-electron chi connectivity index (χ0n) is 23.3. The molecular formula is C31H61N2+. The minimum Gasteiger partial charge on any atom is -0.247 e. The lowest BCUT2D eigenvalue weighted by Crippen LogP contribution is -2.41. The van der Waals surface area contributed by atoms with Crippen LogP contribution < -0.4 is 4.57 Å². The normalized spacial score (nSPS) is 13.5. The summed E-state index contributed by atoms with van der Waals surface area (Å²) in [5.74, 6) is 2.23. The van der Waals surface area contributed by atoms with Gasteiger partial charge in [-0.25, -0.2) is 9.55 Å². The third-order valence-corrected chi connectivity index (χ3v) is 7.64. The van der Waals surface area contributed by atoms with Gasteiger partial charge in [0, 0.05) is 0 Å². The smallest absolute Gasteiger partial charge is 0.247 e. The summed E-state index contributed by atoms with van der Waals surface area (Å²) < 4.78 is 2.60. The molecule has 2 unspecified atom stereocenters. The van der Waals surface area contributed by atoms with Crippen LogP contribution in [0.5, 0.6) is 0 Å². The third-order valence-electron chi connectivity index (χ3n) is 7.64. The molecule has 0 aliphatic rings. The third kappa shape index (κ3) is 14.9. The molecule has 0 aromatic carbocycles. The lowest BCUT2D eigenvalue weighted by Gasteiger charge is -2.17. The fraction of sp³-hybridized carbons (Fsp3) is 0.903. The van der Waals surface area contributed by atoms with Crippen molar-refractivity contribution in [1.29, 1.82) is 0 Å². The van der Waals surface area contributed by atoms with Gasteiger partial charge in [-0.15, -0.1) is 0 Å². The average molecular weight is 462 g/mol. The Bertz CT molecular complexity index is 521. The SMILES string of the molecule is CCCCCCCCCCCCC(C)[n+]1cc[nH]c1C(CCCCC)CCCCCCCC. The molecule has 0 aliphatic carbocycles. The number of unbranched alkanes of at least 4 members (excludes halogenated alkanes) is 16. The number of nitrogens with one attached hydrogen (secondary N) is 1. The van der Waals surface area contributed by atoms with E-state index >= 15 is 0 Å². The maximum absolute atomic E-state index is 3.68. The van der Waals surface area contributed by atoms with Crippen LogP contribution in [0.3, 0.4) is 0 Å². The standard InChI is InChI=1S/C31H60N2/c1-5-8-11-13-15-16-17-18-19-22-24-29(4)33-28-27-32-31(33)30(25-21-10-7-3)26-23-20-14-12-9-6-2/h27-30H,5-26H2,1-4H3/p+1.